The maximum atomic E-state index is 15.3. The topological polar surface area (TPSA) is 134 Å². The van der Waals surface area contributed by atoms with Crippen LogP contribution in [0, 0.1) is 29.6 Å². The SMILES string of the molecule is CCCO[C@@H]1C[C@@H]2[C@@H]([C@@]2(F)CC(=O)O)[C@]1(N)C(=O)O[C@@H](C)OC(=O)O[C@@H]1C[C@H](C)CC[C@H]1C(C)C. The van der Waals surface area contributed by atoms with Gasteiger partial charge in [0.05, 0.1) is 12.5 Å². The molecule has 0 aromatic heterocycles. The van der Waals surface area contributed by atoms with Crippen LogP contribution in [0.5, 0.6) is 0 Å². The molecule has 0 saturated heterocycles. The molecule has 3 fully saturated rings. The van der Waals surface area contributed by atoms with Gasteiger partial charge in [0.1, 0.15) is 17.3 Å². The van der Waals surface area contributed by atoms with Crippen LogP contribution >= 0.6 is 0 Å². The number of fused-ring (bicyclic) bond motifs is 1. The van der Waals surface area contributed by atoms with Gasteiger partial charge in [-0.25, -0.2) is 14.0 Å². The summed E-state index contributed by atoms with van der Waals surface area (Å²) in [5.74, 6) is -3.06. The van der Waals surface area contributed by atoms with Crippen LogP contribution in [0.4, 0.5) is 9.18 Å². The van der Waals surface area contributed by atoms with E-state index in [2.05, 4.69) is 20.8 Å². The van der Waals surface area contributed by atoms with Crippen molar-refractivity contribution in [1.29, 1.82) is 0 Å². The lowest BCUT2D eigenvalue weighted by Gasteiger charge is -2.36. The second-order valence-electron chi connectivity index (χ2n) is 10.9. The monoisotopic (exact) mass is 501 g/mol. The van der Waals surface area contributed by atoms with E-state index in [-0.39, 0.29) is 18.4 Å². The average Bonchev–Trinajstić information content (AvgIpc) is 3.15. The molecule has 200 valence electrons. The van der Waals surface area contributed by atoms with E-state index in [9.17, 15) is 14.4 Å². The number of halogens is 1. The summed E-state index contributed by atoms with van der Waals surface area (Å²) in [4.78, 5) is 36.8. The van der Waals surface area contributed by atoms with Crippen molar-refractivity contribution in [3.05, 3.63) is 0 Å². The number of hydrogen-bond donors (Lipinski definition) is 2. The predicted molar refractivity (Wildman–Crippen MR) is 123 cm³/mol. The highest BCUT2D eigenvalue weighted by Gasteiger charge is 2.82. The summed E-state index contributed by atoms with van der Waals surface area (Å²) in [5.41, 5.74) is 2.43. The van der Waals surface area contributed by atoms with Crippen molar-refractivity contribution in [2.24, 2.45) is 35.3 Å². The molecule has 9 atom stereocenters. The van der Waals surface area contributed by atoms with E-state index in [0.29, 0.717) is 24.9 Å². The Labute approximate surface area is 206 Å². The Bertz CT molecular complexity index is 808. The molecule has 0 spiro atoms. The highest BCUT2D eigenvalue weighted by molar-refractivity contribution is 5.85. The Hall–Kier alpha value is -1.94. The molecule has 0 heterocycles. The van der Waals surface area contributed by atoms with Crippen molar-refractivity contribution in [2.45, 2.75) is 103 Å². The van der Waals surface area contributed by atoms with Crippen molar-refractivity contribution in [3.8, 4) is 0 Å². The number of nitrogens with two attached hydrogens (primary N) is 1. The third-order valence-electron chi connectivity index (χ3n) is 7.99. The lowest BCUT2D eigenvalue weighted by atomic mass is 9.75. The number of carbonyl (C=O) groups excluding carboxylic acids is 2. The molecule has 35 heavy (non-hydrogen) atoms. The number of alkyl halides is 1. The molecule has 0 unspecified atom stereocenters. The summed E-state index contributed by atoms with van der Waals surface area (Å²) < 4.78 is 37.1. The molecule has 10 heteroatoms. The van der Waals surface area contributed by atoms with Gasteiger partial charge in [-0.05, 0) is 43.4 Å². The van der Waals surface area contributed by atoms with Crippen LogP contribution in [0.1, 0.15) is 73.1 Å². The van der Waals surface area contributed by atoms with Crippen LogP contribution in [0.2, 0.25) is 0 Å². The van der Waals surface area contributed by atoms with Gasteiger partial charge in [-0.2, -0.15) is 0 Å². The Kier molecular flexibility index (Phi) is 8.36. The Balaban J connectivity index is 1.63. The zero-order chi connectivity index (χ0) is 26.1. The second-order valence-corrected chi connectivity index (χ2v) is 10.9. The molecule has 0 aliphatic heterocycles. The van der Waals surface area contributed by atoms with Gasteiger partial charge in [0.15, 0.2) is 0 Å². The number of ether oxygens (including phenoxy) is 4. The zero-order valence-electron chi connectivity index (χ0n) is 21.3. The summed E-state index contributed by atoms with van der Waals surface area (Å²) in [7, 11) is 0. The molecule has 3 aliphatic carbocycles. The molecule has 0 aromatic rings. The minimum absolute atomic E-state index is 0.119. The molecule has 9 nitrogen and oxygen atoms in total. The van der Waals surface area contributed by atoms with Gasteiger partial charge in [-0.3, -0.25) is 4.79 Å². The molecule has 0 bridgehead atoms. The predicted octanol–water partition coefficient (Wildman–Crippen LogP) is 3.82. The van der Waals surface area contributed by atoms with Crippen LogP contribution in [0.15, 0.2) is 0 Å². The van der Waals surface area contributed by atoms with Crippen LogP contribution in [0.25, 0.3) is 0 Å². The summed E-state index contributed by atoms with van der Waals surface area (Å²) in [5, 5.41) is 9.11. The van der Waals surface area contributed by atoms with Gasteiger partial charge in [0.2, 0.25) is 6.29 Å². The molecule has 0 radical (unpaired) electrons. The van der Waals surface area contributed by atoms with Crippen LogP contribution in [0.3, 0.4) is 0 Å². The Morgan fingerprint density at radius 2 is 1.83 bits per heavy atom. The van der Waals surface area contributed by atoms with Crippen molar-refractivity contribution in [3.63, 3.8) is 0 Å². The van der Waals surface area contributed by atoms with E-state index < -0.39 is 60.0 Å². The molecular formula is C25H40FNO8. The highest BCUT2D eigenvalue weighted by atomic mass is 19.1. The van der Waals surface area contributed by atoms with Crippen molar-refractivity contribution >= 4 is 18.1 Å². The first-order valence-electron chi connectivity index (χ1n) is 12.7. The van der Waals surface area contributed by atoms with Crippen molar-refractivity contribution in [2.75, 3.05) is 6.61 Å². The van der Waals surface area contributed by atoms with E-state index in [0.717, 1.165) is 19.3 Å². The number of rotatable bonds is 10. The van der Waals surface area contributed by atoms with Gasteiger partial charge < -0.3 is 29.8 Å². The highest BCUT2D eigenvalue weighted by Crippen LogP contribution is 2.68. The van der Waals surface area contributed by atoms with Crippen molar-refractivity contribution < 1.29 is 42.8 Å². The quantitative estimate of drug-likeness (QED) is 0.338. The Morgan fingerprint density at radius 3 is 2.43 bits per heavy atom. The molecule has 3 rings (SSSR count). The average molecular weight is 502 g/mol. The number of aliphatic carboxylic acids is 1. The lowest BCUT2D eigenvalue weighted by molar-refractivity contribution is -0.183. The van der Waals surface area contributed by atoms with Crippen LogP contribution < -0.4 is 5.73 Å². The fourth-order valence-corrected chi connectivity index (χ4v) is 6.18. The van der Waals surface area contributed by atoms with Gasteiger partial charge in [0.25, 0.3) is 0 Å². The Morgan fingerprint density at radius 1 is 1.14 bits per heavy atom. The maximum Gasteiger partial charge on any atom is 0.511 e. The minimum Gasteiger partial charge on any atom is -0.481 e. The van der Waals surface area contributed by atoms with Gasteiger partial charge in [-0.15, -0.1) is 0 Å². The number of carboxylic acids is 1. The molecule has 0 aromatic carbocycles. The van der Waals surface area contributed by atoms with Crippen molar-refractivity contribution in [1.82, 2.24) is 0 Å². The fourth-order valence-electron chi connectivity index (χ4n) is 6.18. The number of carbonyl (C=O) groups is 3. The second kappa shape index (κ2) is 10.6. The third kappa shape index (κ3) is 5.58. The van der Waals surface area contributed by atoms with E-state index in [1.165, 1.54) is 6.92 Å². The first kappa shape index (κ1) is 27.6. The first-order chi connectivity index (χ1) is 16.3. The fraction of sp³-hybridized carbons (Fsp3) is 0.880. The summed E-state index contributed by atoms with van der Waals surface area (Å²) in [6, 6.07) is 0. The smallest absolute Gasteiger partial charge is 0.481 e. The zero-order valence-corrected chi connectivity index (χ0v) is 21.3. The summed E-state index contributed by atoms with van der Waals surface area (Å²) in [6.07, 6.45) is -0.573. The molecule has 3 saturated carbocycles. The van der Waals surface area contributed by atoms with E-state index in [1.54, 1.807) is 0 Å². The summed E-state index contributed by atoms with van der Waals surface area (Å²) >= 11 is 0. The largest absolute Gasteiger partial charge is 0.511 e. The molecule has 0 amide bonds. The number of esters is 1. The van der Waals surface area contributed by atoms with Crippen LogP contribution in [-0.4, -0.2) is 59.5 Å². The maximum absolute atomic E-state index is 15.3. The number of carboxylic acid groups (broad SMARTS) is 1. The van der Waals surface area contributed by atoms with Gasteiger partial charge in [0, 0.05) is 25.4 Å². The van der Waals surface area contributed by atoms with E-state index in [4.69, 9.17) is 29.8 Å². The number of hydrogen-bond acceptors (Lipinski definition) is 8. The lowest BCUT2D eigenvalue weighted by Crippen LogP contribution is -2.61. The van der Waals surface area contributed by atoms with E-state index >= 15 is 4.39 Å². The van der Waals surface area contributed by atoms with E-state index in [1.807, 2.05) is 6.92 Å². The summed E-state index contributed by atoms with van der Waals surface area (Å²) in [6.45, 7) is 9.84. The third-order valence-corrected chi connectivity index (χ3v) is 7.99. The van der Waals surface area contributed by atoms with Gasteiger partial charge >= 0.3 is 18.1 Å². The standard InChI is InChI=1S/C25H40FNO8/c1-6-9-32-19-11-17-21(24(17,26)12-20(28)29)25(19,27)22(30)33-15(5)34-23(31)35-18-10-14(4)7-8-16(18)13(2)3/h13-19,21H,6-12,27H2,1-5H3,(H,28,29)/t14-,15-,16+,17-,18-,19-,21+,24-,25+/m1/s1. The van der Waals surface area contributed by atoms with Gasteiger partial charge in [-0.1, -0.05) is 34.1 Å². The molecular weight excluding hydrogens is 461 g/mol. The molecule has 3 N–H and O–H groups in total. The first-order valence-corrected chi connectivity index (χ1v) is 12.7. The van der Waals surface area contributed by atoms with Crippen LogP contribution in [-0.2, 0) is 28.5 Å². The molecule has 3 aliphatic rings. The minimum atomic E-state index is -2.10. The normalized spacial score (nSPS) is 39.0.